The van der Waals surface area contributed by atoms with Gasteiger partial charge in [0.1, 0.15) is 15.6 Å². The molecule has 0 radical (unpaired) electrons. The van der Waals surface area contributed by atoms with Crippen molar-refractivity contribution in [3.63, 3.8) is 0 Å². The molecule has 0 bridgehead atoms. The molecule has 2 aromatic rings. The van der Waals surface area contributed by atoms with Crippen molar-refractivity contribution in [2.45, 2.75) is 40.2 Å². The average molecular weight is 546 g/mol. The number of benzene rings is 1. The number of rotatable bonds is 9. The molecular weight excluding hydrogens is 515 g/mol. The second kappa shape index (κ2) is 13.4. The van der Waals surface area contributed by atoms with E-state index in [1.54, 1.807) is 14.0 Å². The van der Waals surface area contributed by atoms with Crippen LogP contribution in [0.4, 0.5) is 0 Å². The summed E-state index contributed by atoms with van der Waals surface area (Å²) < 4.78 is 10.6. The zero-order valence-electron chi connectivity index (χ0n) is 18.2. The highest BCUT2D eigenvalue weighted by Crippen LogP contribution is 2.24. The number of aromatic nitrogens is 1. The number of esters is 1. The molecule has 0 fully saturated rings. The van der Waals surface area contributed by atoms with E-state index in [0.29, 0.717) is 29.7 Å². The minimum atomic E-state index is -0.322. The van der Waals surface area contributed by atoms with Gasteiger partial charge >= 0.3 is 5.97 Å². The molecule has 7 nitrogen and oxygen atoms in total. The number of hydrogen-bond acceptors (Lipinski definition) is 6. The van der Waals surface area contributed by atoms with Crippen LogP contribution in [-0.2, 0) is 11.2 Å². The fraction of sp³-hybridized carbons (Fsp3) is 0.476. The highest BCUT2D eigenvalue weighted by molar-refractivity contribution is 14.0. The highest BCUT2D eigenvalue weighted by atomic mass is 127. The number of halogens is 1. The van der Waals surface area contributed by atoms with Gasteiger partial charge in [0.15, 0.2) is 5.96 Å². The highest BCUT2D eigenvalue weighted by Gasteiger charge is 2.20. The van der Waals surface area contributed by atoms with Crippen molar-refractivity contribution in [1.29, 1.82) is 0 Å². The van der Waals surface area contributed by atoms with Crippen LogP contribution in [0, 0.1) is 6.92 Å². The summed E-state index contributed by atoms with van der Waals surface area (Å²) in [6.07, 6.45) is 0.847. The Morgan fingerprint density at radius 3 is 2.73 bits per heavy atom. The number of aryl methyl sites for hydroxylation is 1. The zero-order chi connectivity index (χ0) is 21.2. The number of carbonyl (C=O) groups excluding carboxylic acids is 1. The number of thiazole rings is 1. The molecule has 9 heteroatoms. The van der Waals surface area contributed by atoms with E-state index in [4.69, 9.17) is 9.47 Å². The van der Waals surface area contributed by atoms with Gasteiger partial charge in [0, 0.05) is 13.6 Å². The average Bonchev–Trinajstić information content (AvgIpc) is 3.10. The molecule has 1 atom stereocenters. The smallest absolute Gasteiger partial charge is 0.350 e. The van der Waals surface area contributed by atoms with Gasteiger partial charge in [-0.15, -0.1) is 35.3 Å². The summed E-state index contributed by atoms with van der Waals surface area (Å²) in [6, 6.07) is 8.01. The predicted molar refractivity (Wildman–Crippen MR) is 132 cm³/mol. The van der Waals surface area contributed by atoms with Gasteiger partial charge in [0.05, 0.1) is 24.9 Å². The molecule has 2 N–H and O–H groups in total. The third-order valence-electron chi connectivity index (χ3n) is 4.14. The van der Waals surface area contributed by atoms with E-state index >= 15 is 0 Å². The van der Waals surface area contributed by atoms with Crippen LogP contribution < -0.4 is 15.4 Å². The Balaban J connectivity index is 0.00000450. The predicted octanol–water partition coefficient (Wildman–Crippen LogP) is 4.11. The Hall–Kier alpha value is -1.88. The molecule has 2 rings (SSSR count). The maximum absolute atomic E-state index is 12.0. The molecule has 1 aromatic carbocycles. The van der Waals surface area contributed by atoms with Gasteiger partial charge in [0.25, 0.3) is 0 Å². The lowest BCUT2D eigenvalue weighted by Crippen LogP contribution is -2.39. The summed E-state index contributed by atoms with van der Waals surface area (Å²) >= 11 is 1.35. The largest absolute Gasteiger partial charge is 0.494 e. The topological polar surface area (TPSA) is 84.8 Å². The minimum absolute atomic E-state index is 0. The van der Waals surface area contributed by atoms with Gasteiger partial charge in [0.2, 0.25) is 0 Å². The molecule has 0 saturated heterocycles. The first-order valence-electron chi connectivity index (χ1n) is 9.81. The van der Waals surface area contributed by atoms with Gasteiger partial charge in [-0.1, -0.05) is 12.1 Å². The van der Waals surface area contributed by atoms with Gasteiger partial charge < -0.3 is 20.1 Å². The van der Waals surface area contributed by atoms with Crippen LogP contribution in [0.25, 0.3) is 0 Å². The number of hydrogen-bond donors (Lipinski definition) is 2. The summed E-state index contributed by atoms with van der Waals surface area (Å²) in [6.45, 7) is 9.32. The number of carbonyl (C=O) groups is 1. The van der Waals surface area contributed by atoms with Crippen LogP contribution in [0.1, 0.15) is 52.7 Å². The van der Waals surface area contributed by atoms with Crippen molar-refractivity contribution in [3.8, 4) is 5.75 Å². The Labute approximate surface area is 199 Å². The lowest BCUT2D eigenvalue weighted by Gasteiger charge is -2.16. The summed E-state index contributed by atoms with van der Waals surface area (Å²) in [5.41, 5.74) is 1.89. The van der Waals surface area contributed by atoms with Crippen LogP contribution in [0.15, 0.2) is 29.3 Å². The van der Waals surface area contributed by atoms with Crippen LogP contribution >= 0.6 is 35.3 Å². The van der Waals surface area contributed by atoms with E-state index in [2.05, 4.69) is 32.7 Å². The van der Waals surface area contributed by atoms with Crippen molar-refractivity contribution in [2.24, 2.45) is 4.99 Å². The van der Waals surface area contributed by atoms with Crippen molar-refractivity contribution >= 4 is 47.2 Å². The van der Waals surface area contributed by atoms with Crippen molar-refractivity contribution in [3.05, 3.63) is 45.4 Å². The zero-order valence-corrected chi connectivity index (χ0v) is 21.3. The fourth-order valence-electron chi connectivity index (χ4n) is 2.73. The summed E-state index contributed by atoms with van der Waals surface area (Å²) in [4.78, 5) is 21.3. The van der Waals surface area contributed by atoms with Crippen LogP contribution in [-0.4, -0.2) is 43.7 Å². The Bertz CT molecular complexity index is 841. The monoisotopic (exact) mass is 546 g/mol. The summed E-state index contributed by atoms with van der Waals surface area (Å²) in [5, 5.41) is 7.46. The third-order valence-corrected chi connectivity index (χ3v) is 5.46. The molecule has 0 spiro atoms. The molecule has 0 amide bonds. The van der Waals surface area contributed by atoms with E-state index in [-0.39, 0.29) is 36.0 Å². The van der Waals surface area contributed by atoms with Gasteiger partial charge in [-0.05, 0) is 51.8 Å². The number of guanidine groups is 1. The normalized spacial score (nSPS) is 12.0. The van der Waals surface area contributed by atoms with E-state index in [1.165, 1.54) is 16.9 Å². The molecule has 30 heavy (non-hydrogen) atoms. The first-order chi connectivity index (χ1) is 14.0. The maximum Gasteiger partial charge on any atom is 0.350 e. The summed E-state index contributed by atoms with van der Waals surface area (Å²) in [5.74, 6) is 1.25. The first-order valence-corrected chi connectivity index (χ1v) is 10.6. The quantitative estimate of drug-likeness (QED) is 0.213. The minimum Gasteiger partial charge on any atom is -0.494 e. The van der Waals surface area contributed by atoms with Crippen LogP contribution in [0.2, 0.25) is 0 Å². The van der Waals surface area contributed by atoms with Gasteiger partial charge in [-0.3, -0.25) is 4.99 Å². The molecule has 1 heterocycles. The van der Waals surface area contributed by atoms with E-state index < -0.39 is 0 Å². The lowest BCUT2D eigenvalue weighted by atomic mass is 10.1. The third kappa shape index (κ3) is 7.75. The van der Waals surface area contributed by atoms with E-state index in [9.17, 15) is 4.79 Å². The van der Waals surface area contributed by atoms with Gasteiger partial charge in [-0.2, -0.15) is 0 Å². The first kappa shape index (κ1) is 26.2. The van der Waals surface area contributed by atoms with Crippen molar-refractivity contribution in [1.82, 2.24) is 15.6 Å². The Kier molecular flexibility index (Phi) is 11.7. The van der Waals surface area contributed by atoms with Crippen LogP contribution in [0.3, 0.4) is 0 Å². The Morgan fingerprint density at radius 2 is 2.07 bits per heavy atom. The SMILES string of the molecule is CCOC(=O)c1sc(C(C)NC(=NC)NCCc2cccc(OCC)c2)nc1C.I. The van der Waals surface area contributed by atoms with E-state index in [0.717, 1.165) is 23.7 Å². The number of nitrogens with zero attached hydrogens (tertiary/aromatic N) is 2. The fourth-order valence-corrected chi connectivity index (χ4v) is 3.70. The standard InChI is InChI=1S/C21H30N4O3S.HI/c1-6-27-17-10-8-9-16(13-17)11-12-23-21(22-5)25-15(4)19-24-14(3)18(29-19)20(26)28-7-2;/h8-10,13,15H,6-7,11-12H2,1-5H3,(H2,22,23,25);1H. The maximum atomic E-state index is 12.0. The number of ether oxygens (including phenoxy) is 2. The van der Waals surface area contributed by atoms with Gasteiger partial charge in [-0.25, -0.2) is 9.78 Å². The number of aliphatic imine (C=N–C) groups is 1. The lowest BCUT2D eigenvalue weighted by molar-refractivity contribution is 0.0531. The molecule has 0 aliphatic carbocycles. The molecule has 166 valence electrons. The molecular formula is C21H31IN4O3S. The molecule has 0 aliphatic rings. The van der Waals surface area contributed by atoms with E-state index in [1.807, 2.05) is 32.9 Å². The summed E-state index contributed by atoms with van der Waals surface area (Å²) in [7, 11) is 1.73. The second-order valence-corrected chi connectivity index (χ2v) is 7.41. The second-order valence-electron chi connectivity index (χ2n) is 6.38. The Morgan fingerprint density at radius 1 is 1.30 bits per heavy atom. The van der Waals surface area contributed by atoms with Crippen molar-refractivity contribution < 1.29 is 14.3 Å². The number of nitrogens with one attached hydrogen (secondary N) is 2. The molecule has 0 aliphatic heterocycles. The molecule has 0 saturated carbocycles. The molecule has 1 aromatic heterocycles. The van der Waals surface area contributed by atoms with Crippen molar-refractivity contribution in [2.75, 3.05) is 26.8 Å². The molecule has 1 unspecified atom stereocenters. The van der Waals surface area contributed by atoms with Crippen LogP contribution in [0.5, 0.6) is 5.75 Å².